The van der Waals surface area contributed by atoms with Crippen LogP contribution in [-0.2, 0) is 4.79 Å². The minimum absolute atomic E-state index is 0.397. The van der Waals surface area contributed by atoms with E-state index in [1.54, 1.807) is 18.3 Å². The Labute approximate surface area is 85.3 Å². The fraction of sp³-hybridized carbons (Fsp3) is 0.100. The van der Waals surface area contributed by atoms with E-state index in [1.165, 1.54) is 17.6 Å². The number of carbonyl (C=O) groups excluding carboxylic acids is 2. The van der Waals surface area contributed by atoms with Gasteiger partial charge in [-0.2, -0.15) is 5.10 Å². The number of carbonyl (C=O) groups is 2. The molecule has 0 amide bonds. The van der Waals surface area contributed by atoms with Crippen molar-refractivity contribution in [2.75, 3.05) is 0 Å². The maximum atomic E-state index is 10.7. The second kappa shape index (κ2) is 3.53. The van der Waals surface area contributed by atoms with Gasteiger partial charge in [0.1, 0.15) is 5.75 Å². The highest BCUT2D eigenvalue weighted by Crippen LogP contribution is 2.16. The highest BCUT2D eigenvalue weighted by Gasteiger charge is 2.05. The molecule has 0 saturated heterocycles. The summed E-state index contributed by atoms with van der Waals surface area (Å²) in [7, 11) is 0. The third-order valence-electron chi connectivity index (χ3n) is 1.91. The number of pyridine rings is 1. The number of rotatable bonds is 2. The molecule has 2 aromatic rings. The highest BCUT2D eigenvalue weighted by atomic mass is 16.5. The molecule has 76 valence electrons. The van der Waals surface area contributed by atoms with Gasteiger partial charge in [0.15, 0.2) is 6.29 Å². The van der Waals surface area contributed by atoms with Crippen molar-refractivity contribution in [2.24, 2.45) is 0 Å². The minimum Gasteiger partial charge on any atom is -0.427 e. The predicted molar refractivity (Wildman–Crippen MR) is 51.9 cm³/mol. The quantitative estimate of drug-likeness (QED) is 0.542. The van der Waals surface area contributed by atoms with Gasteiger partial charge in [0.25, 0.3) is 0 Å². The Morgan fingerprint density at radius 3 is 3.07 bits per heavy atom. The molecule has 0 unspecified atom stereocenters. The Bertz CT molecular complexity index is 530. The number of aromatic nitrogens is 2. The van der Waals surface area contributed by atoms with Crippen LogP contribution in [0.3, 0.4) is 0 Å². The number of hydrogen-bond donors (Lipinski definition) is 0. The number of hydrogen-bond acceptors (Lipinski definition) is 4. The van der Waals surface area contributed by atoms with Gasteiger partial charge in [-0.05, 0) is 6.07 Å². The number of esters is 1. The first kappa shape index (κ1) is 9.39. The van der Waals surface area contributed by atoms with Crippen LogP contribution in [0.4, 0.5) is 0 Å². The van der Waals surface area contributed by atoms with Gasteiger partial charge in [0, 0.05) is 19.2 Å². The van der Waals surface area contributed by atoms with E-state index in [2.05, 4.69) is 5.10 Å². The van der Waals surface area contributed by atoms with E-state index >= 15 is 0 Å². The Morgan fingerprint density at radius 2 is 2.40 bits per heavy atom. The van der Waals surface area contributed by atoms with Crippen LogP contribution in [0.5, 0.6) is 5.75 Å². The molecule has 15 heavy (non-hydrogen) atoms. The summed E-state index contributed by atoms with van der Waals surface area (Å²) in [6, 6.07) is 3.20. The molecule has 0 aromatic carbocycles. The predicted octanol–water partition coefficient (Wildman–Crippen LogP) is 1.07. The molecule has 0 aliphatic heterocycles. The van der Waals surface area contributed by atoms with Crippen molar-refractivity contribution in [2.45, 2.75) is 6.92 Å². The van der Waals surface area contributed by atoms with Crippen LogP contribution in [0.15, 0.2) is 24.5 Å². The fourth-order valence-corrected chi connectivity index (χ4v) is 1.30. The normalized spacial score (nSPS) is 10.2. The maximum absolute atomic E-state index is 10.7. The third kappa shape index (κ3) is 1.71. The van der Waals surface area contributed by atoms with Gasteiger partial charge < -0.3 is 4.74 Å². The Hall–Kier alpha value is -2.17. The summed E-state index contributed by atoms with van der Waals surface area (Å²) in [4.78, 5) is 21.4. The Morgan fingerprint density at radius 1 is 1.60 bits per heavy atom. The molecule has 0 spiro atoms. The van der Waals surface area contributed by atoms with Gasteiger partial charge >= 0.3 is 5.97 Å². The molecule has 2 heterocycles. The number of nitrogens with zero attached hydrogens (tertiary/aromatic N) is 2. The maximum Gasteiger partial charge on any atom is 0.308 e. The minimum atomic E-state index is -0.397. The molecule has 2 rings (SSSR count). The SMILES string of the molecule is CC(=O)Oc1ccn2ncc(C=O)c2c1. The lowest BCUT2D eigenvalue weighted by Gasteiger charge is -2.01. The van der Waals surface area contributed by atoms with Crippen LogP contribution in [0.1, 0.15) is 17.3 Å². The summed E-state index contributed by atoms with van der Waals surface area (Å²) >= 11 is 0. The van der Waals surface area contributed by atoms with Gasteiger partial charge in [-0.3, -0.25) is 9.59 Å². The average molecular weight is 204 g/mol. The highest BCUT2D eigenvalue weighted by molar-refractivity contribution is 5.86. The van der Waals surface area contributed by atoms with Crippen LogP contribution in [-0.4, -0.2) is 21.9 Å². The molecule has 0 atom stereocenters. The van der Waals surface area contributed by atoms with Gasteiger partial charge in [0.05, 0.1) is 17.3 Å². The molecule has 0 bridgehead atoms. The van der Waals surface area contributed by atoms with Crippen molar-refractivity contribution in [1.29, 1.82) is 0 Å². The zero-order valence-electron chi connectivity index (χ0n) is 8.01. The second-order valence-corrected chi connectivity index (χ2v) is 3.00. The van der Waals surface area contributed by atoms with Crippen molar-refractivity contribution in [1.82, 2.24) is 9.61 Å². The topological polar surface area (TPSA) is 60.7 Å². The van der Waals surface area contributed by atoms with E-state index in [0.29, 0.717) is 23.1 Å². The lowest BCUT2D eigenvalue weighted by atomic mass is 10.3. The van der Waals surface area contributed by atoms with Crippen molar-refractivity contribution < 1.29 is 14.3 Å². The summed E-state index contributed by atoms with van der Waals surface area (Å²) in [5.41, 5.74) is 1.08. The van der Waals surface area contributed by atoms with Gasteiger partial charge in [-0.15, -0.1) is 0 Å². The van der Waals surface area contributed by atoms with Crippen molar-refractivity contribution in [3.63, 3.8) is 0 Å². The molecule has 0 aliphatic rings. The lowest BCUT2D eigenvalue weighted by molar-refractivity contribution is -0.131. The second-order valence-electron chi connectivity index (χ2n) is 3.00. The van der Waals surface area contributed by atoms with E-state index in [1.807, 2.05) is 0 Å². The molecular weight excluding hydrogens is 196 g/mol. The van der Waals surface area contributed by atoms with Crippen LogP contribution in [0.2, 0.25) is 0 Å². The molecule has 5 nitrogen and oxygen atoms in total. The first-order valence-corrected chi connectivity index (χ1v) is 4.31. The van der Waals surface area contributed by atoms with Crippen LogP contribution >= 0.6 is 0 Å². The summed E-state index contributed by atoms with van der Waals surface area (Å²) in [5.74, 6) is 0.00474. The third-order valence-corrected chi connectivity index (χ3v) is 1.91. The largest absolute Gasteiger partial charge is 0.427 e. The van der Waals surface area contributed by atoms with Crippen molar-refractivity contribution in [3.05, 3.63) is 30.1 Å². The Balaban J connectivity index is 2.52. The molecule has 0 N–H and O–H groups in total. The molecule has 0 radical (unpaired) electrons. The van der Waals surface area contributed by atoms with Gasteiger partial charge in [0.2, 0.25) is 0 Å². The monoisotopic (exact) mass is 204 g/mol. The number of fused-ring (bicyclic) bond motifs is 1. The summed E-state index contributed by atoms with van der Waals surface area (Å²) in [6.45, 7) is 1.32. The fourth-order valence-electron chi connectivity index (χ4n) is 1.30. The first-order chi connectivity index (χ1) is 7.20. The molecule has 2 aromatic heterocycles. The van der Waals surface area contributed by atoms with Crippen LogP contribution < -0.4 is 4.74 Å². The summed E-state index contributed by atoms with van der Waals surface area (Å²) in [6.07, 6.45) is 3.79. The van der Waals surface area contributed by atoms with Crippen molar-refractivity contribution in [3.8, 4) is 5.75 Å². The smallest absolute Gasteiger partial charge is 0.308 e. The van der Waals surface area contributed by atoms with E-state index < -0.39 is 5.97 Å². The summed E-state index contributed by atoms with van der Waals surface area (Å²) < 4.78 is 6.43. The van der Waals surface area contributed by atoms with Crippen molar-refractivity contribution >= 4 is 17.8 Å². The standard InChI is InChI=1S/C10H8N2O3/c1-7(14)15-9-2-3-12-10(4-9)8(6-13)5-11-12/h2-6H,1H3. The number of ether oxygens (including phenoxy) is 1. The van der Waals surface area contributed by atoms with E-state index in [-0.39, 0.29) is 0 Å². The van der Waals surface area contributed by atoms with E-state index in [9.17, 15) is 9.59 Å². The molecule has 0 fully saturated rings. The first-order valence-electron chi connectivity index (χ1n) is 4.31. The zero-order valence-corrected chi connectivity index (χ0v) is 8.01. The Kier molecular flexibility index (Phi) is 2.21. The molecule has 0 aliphatic carbocycles. The lowest BCUT2D eigenvalue weighted by Crippen LogP contribution is -2.01. The van der Waals surface area contributed by atoms with Crippen LogP contribution in [0, 0.1) is 0 Å². The van der Waals surface area contributed by atoms with E-state index in [4.69, 9.17) is 4.74 Å². The van der Waals surface area contributed by atoms with Gasteiger partial charge in [-0.25, -0.2) is 4.52 Å². The molecule has 5 heteroatoms. The molecular formula is C10H8N2O3. The van der Waals surface area contributed by atoms with Gasteiger partial charge in [-0.1, -0.05) is 0 Å². The average Bonchev–Trinajstić information content (AvgIpc) is 2.59. The number of aldehydes is 1. The zero-order chi connectivity index (χ0) is 10.8. The summed E-state index contributed by atoms with van der Waals surface area (Å²) in [5, 5.41) is 3.95. The van der Waals surface area contributed by atoms with E-state index in [0.717, 1.165) is 0 Å². The molecule has 0 saturated carbocycles. The van der Waals surface area contributed by atoms with Crippen LogP contribution in [0.25, 0.3) is 5.52 Å².